The molecular formula is C18H19N3O4S2. The largest absolute Gasteiger partial charge is 0.465 e. The summed E-state index contributed by atoms with van der Waals surface area (Å²) in [5.41, 5.74) is 4.52. The zero-order valence-electron chi connectivity index (χ0n) is 15.0. The van der Waals surface area contributed by atoms with Crippen LogP contribution in [0.5, 0.6) is 0 Å². The number of anilines is 1. The molecule has 2 N–H and O–H groups in total. The maximum absolute atomic E-state index is 12.2. The molecule has 0 bridgehead atoms. The summed E-state index contributed by atoms with van der Waals surface area (Å²) in [6.07, 6.45) is 5.14. The van der Waals surface area contributed by atoms with Gasteiger partial charge in [-0.25, -0.2) is 10.2 Å². The Kier molecular flexibility index (Phi) is 6.02. The number of methoxy groups -OCH3 is 1. The molecule has 3 rings (SSSR count). The number of hydrogen-bond acceptors (Lipinski definition) is 7. The van der Waals surface area contributed by atoms with Gasteiger partial charge in [-0.2, -0.15) is 5.10 Å². The Labute approximate surface area is 164 Å². The van der Waals surface area contributed by atoms with E-state index in [9.17, 15) is 14.4 Å². The molecule has 0 aliphatic heterocycles. The molecule has 2 aromatic rings. The van der Waals surface area contributed by atoms with Crippen molar-refractivity contribution in [1.29, 1.82) is 0 Å². The monoisotopic (exact) mass is 405 g/mol. The highest BCUT2D eigenvalue weighted by Crippen LogP contribution is 2.38. The first-order valence-electron chi connectivity index (χ1n) is 8.42. The number of carbonyl (C=O) groups excluding carboxylic acids is 3. The fraction of sp³-hybridized carbons (Fsp3) is 0.333. The number of esters is 1. The Hall–Kier alpha value is -2.52. The van der Waals surface area contributed by atoms with Crippen molar-refractivity contribution in [3.8, 4) is 0 Å². The van der Waals surface area contributed by atoms with E-state index in [1.807, 2.05) is 18.4 Å². The number of rotatable bonds is 4. The van der Waals surface area contributed by atoms with Crippen molar-refractivity contribution in [2.24, 2.45) is 5.10 Å². The number of hydrogen-bond donors (Lipinski definition) is 2. The molecule has 0 spiro atoms. The quantitative estimate of drug-likeness (QED) is 0.354. The number of fused-ring (bicyclic) bond motifs is 1. The molecule has 0 saturated carbocycles. The summed E-state index contributed by atoms with van der Waals surface area (Å²) in [6, 6.07) is 1.94. The second-order valence-corrected chi connectivity index (χ2v) is 8.08. The maximum atomic E-state index is 12.2. The van der Waals surface area contributed by atoms with Crippen LogP contribution in [0.2, 0.25) is 0 Å². The van der Waals surface area contributed by atoms with Gasteiger partial charge in [0, 0.05) is 9.75 Å². The van der Waals surface area contributed by atoms with Crippen LogP contribution in [0.4, 0.5) is 5.00 Å². The van der Waals surface area contributed by atoms with Gasteiger partial charge >= 0.3 is 17.8 Å². The van der Waals surface area contributed by atoms with Crippen LogP contribution >= 0.6 is 22.7 Å². The van der Waals surface area contributed by atoms with Crippen LogP contribution in [0.15, 0.2) is 16.5 Å². The molecule has 0 fully saturated rings. The summed E-state index contributed by atoms with van der Waals surface area (Å²) >= 11 is 2.81. The number of amides is 2. The molecule has 0 aromatic carbocycles. The van der Waals surface area contributed by atoms with Crippen molar-refractivity contribution < 1.29 is 19.1 Å². The fourth-order valence-corrected chi connectivity index (χ4v) is 4.91. The molecule has 7 nitrogen and oxygen atoms in total. The normalized spacial score (nSPS) is 13.3. The molecule has 0 saturated heterocycles. The summed E-state index contributed by atoms with van der Waals surface area (Å²) in [5.74, 6) is -2.28. The maximum Gasteiger partial charge on any atom is 0.341 e. The smallest absolute Gasteiger partial charge is 0.341 e. The van der Waals surface area contributed by atoms with Crippen LogP contribution in [-0.4, -0.2) is 31.1 Å². The third kappa shape index (κ3) is 4.25. The van der Waals surface area contributed by atoms with E-state index < -0.39 is 17.8 Å². The van der Waals surface area contributed by atoms with Gasteiger partial charge in [-0.1, -0.05) is 0 Å². The van der Waals surface area contributed by atoms with Gasteiger partial charge in [-0.3, -0.25) is 9.59 Å². The van der Waals surface area contributed by atoms with E-state index in [2.05, 4.69) is 15.8 Å². The standard InChI is InChI=1S/C18H19N3O4S2/c1-10-7-8-26-13(10)9-19-21-16(23)15(22)20-17-14(18(24)25-2)11-5-3-4-6-12(11)27-17/h7-9H,3-6H2,1-2H3,(H,20,22)(H,21,23)/b19-9-. The zero-order chi connectivity index (χ0) is 19.4. The number of nitrogens with one attached hydrogen (secondary N) is 2. The van der Waals surface area contributed by atoms with Crippen LogP contribution in [0.1, 0.15) is 44.1 Å². The van der Waals surface area contributed by atoms with E-state index in [4.69, 9.17) is 4.74 Å². The van der Waals surface area contributed by atoms with Crippen molar-refractivity contribution in [2.45, 2.75) is 32.6 Å². The number of thiophene rings is 2. The minimum Gasteiger partial charge on any atom is -0.465 e. The Morgan fingerprint density at radius 3 is 2.70 bits per heavy atom. The lowest BCUT2D eigenvalue weighted by atomic mass is 9.95. The van der Waals surface area contributed by atoms with Gasteiger partial charge in [-0.15, -0.1) is 22.7 Å². The number of ether oxygens (including phenoxy) is 1. The second-order valence-electron chi connectivity index (χ2n) is 6.03. The number of carbonyl (C=O) groups is 3. The van der Waals surface area contributed by atoms with Crippen LogP contribution in [-0.2, 0) is 27.2 Å². The summed E-state index contributed by atoms with van der Waals surface area (Å²) in [7, 11) is 1.30. The first-order chi connectivity index (χ1) is 13.0. The van der Waals surface area contributed by atoms with E-state index in [0.717, 1.165) is 46.6 Å². The predicted molar refractivity (Wildman–Crippen MR) is 106 cm³/mol. The minimum absolute atomic E-state index is 0.354. The fourth-order valence-electron chi connectivity index (χ4n) is 2.85. The first kappa shape index (κ1) is 19.2. The Balaban J connectivity index is 1.71. The first-order valence-corrected chi connectivity index (χ1v) is 10.1. The van der Waals surface area contributed by atoms with Gasteiger partial charge in [0.05, 0.1) is 18.9 Å². The molecule has 0 unspecified atom stereocenters. The van der Waals surface area contributed by atoms with Gasteiger partial charge in [0.15, 0.2) is 0 Å². The van der Waals surface area contributed by atoms with Crippen LogP contribution in [0.25, 0.3) is 0 Å². The van der Waals surface area contributed by atoms with E-state index >= 15 is 0 Å². The molecule has 0 radical (unpaired) electrons. The van der Waals surface area contributed by atoms with Gasteiger partial charge in [-0.05, 0) is 55.2 Å². The lowest BCUT2D eigenvalue weighted by molar-refractivity contribution is -0.136. The minimum atomic E-state index is -0.900. The van der Waals surface area contributed by atoms with E-state index in [0.29, 0.717) is 10.6 Å². The molecule has 27 heavy (non-hydrogen) atoms. The molecule has 142 valence electrons. The highest BCUT2D eigenvalue weighted by Gasteiger charge is 2.28. The lowest BCUT2D eigenvalue weighted by Crippen LogP contribution is -2.32. The highest BCUT2D eigenvalue weighted by molar-refractivity contribution is 7.17. The topological polar surface area (TPSA) is 96.9 Å². The van der Waals surface area contributed by atoms with Crippen molar-refractivity contribution >= 4 is 51.7 Å². The lowest BCUT2D eigenvalue weighted by Gasteiger charge is -2.11. The molecular weight excluding hydrogens is 386 g/mol. The number of aryl methyl sites for hydroxylation is 2. The van der Waals surface area contributed by atoms with Crippen molar-refractivity contribution in [3.05, 3.63) is 37.9 Å². The van der Waals surface area contributed by atoms with Gasteiger partial charge in [0.2, 0.25) is 0 Å². The summed E-state index contributed by atoms with van der Waals surface area (Å²) in [4.78, 5) is 38.3. The Morgan fingerprint density at radius 2 is 2.00 bits per heavy atom. The Bertz CT molecular complexity index is 914. The molecule has 1 aliphatic rings. The van der Waals surface area contributed by atoms with E-state index in [1.54, 1.807) is 0 Å². The van der Waals surface area contributed by atoms with Crippen molar-refractivity contribution in [2.75, 3.05) is 12.4 Å². The molecule has 0 atom stereocenters. The summed E-state index contributed by atoms with van der Waals surface area (Å²) < 4.78 is 4.85. The molecule has 2 amide bonds. The van der Waals surface area contributed by atoms with Crippen LogP contribution in [0.3, 0.4) is 0 Å². The molecule has 9 heteroatoms. The van der Waals surface area contributed by atoms with Gasteiger partial charge in [0.1, 0.15) is 5.00 Å². The number of hydrazone groups is 1. The van der Waals surface area contributed by atoms with Crippen molar-refractivity contribution in [1.82, 2.24) is 5.43 Å². The SMILES string of the molecule is COC(=O)c1c(NC(=O)C(=O)N/N=C\c2sccc2C)sc2c1CCCC2. The second kappa shape index (κ2) is 8.45. The average molecular weight is 406 g/mol. The van der Waals surface area contributed by atoms with Gasteiger partial charge in [0.25, 0.3) is 0 Å². The predicted octanol–water partition coefficient (Wildman–Crippen LogP) is 2.87. The number of nitrogens with zero attached hydrogens (tertiary/aromatic N) is 1. The zero-order valence-corrected chi connectivity index (χ0v) is 16.6. The van der Waals surface area contributed by atoms with Crippen LogP contribution in [0, 0.1) is 6.92 Å². The van der Waals surface area contributed by atoms with Gasteiger partial charge < -0.3 is 10.1 Å². The molecule has 2 aromatic heterocycles. The average Bonchev–Trinajstić information content (AvgIpc) is 3.23. The third-order valence-electron chi connectivity index (χ3n) is 4.24. The third-order valence-corrected chi connectivity index (χ3v) is 6.40. The van der Waals surface area contributed by atoms with Crippen LogP contribution < -0.4 is 10.7 Å². The van der Waals surface area contributed by atoms with E-state index in [1.165, 1.54) is 36.0 Å². The summed E-state index contributed by atoms with van der Waals surface area (Å²) in [5, 5.41) is 8.61. The Morgan fingerprint density at radius 1 is 1.22 bits per heavy atom. The van der Waals surface area contributed by atoms with E-state index in [-0.39, 0.29) is 0 Å². The highest BCUT2D eigenvalue weighted by atomic mass is 32.1. The summed E-state index contributed by atoms with van der Waals surface area (Å²) in [6.45, 7) is 1.93. The molecule has 1 aliphatic carbocycles. The molecule has 2 heterocycles. The van der Waals surface area contributed by atoms with Crippen molar-refractivity contribution in [3.63, 3.8) is 0 Å².